The molecule has 0 amide bonds. The van der Waals surface area contributed by atoms with Crippen LogP contribution in [0, 0.1) is 26.7 Å². The number of nitrogens with zero attached hydrogens (tertiary/aromatic N) is 5. The summed E-state index contributed by atoms with van der Waals surface area (Å²) in [5.41, 5.74) is 4.81. The van der Waals surface area contributed by atoms with Crippen molar-refractivity contribution in [2.75, 3.05) is 18.5 Å². The molecule has 8 heteroatoms. The first-order valence-electron chi connectivity index (χ1n) is 11.6. The molecule has 0 radical (unpaired) electrons. The van der Waals surface area contributed by atoms with E-state index in [1.807, 2.05) is 55.9 Å². The zero-order valence-electron chi connectivity index (χ0n) is 20.3. The summed E-state index contributed by atoms with van der Waals surface area (Å²) in [5, 5.41) is 7.92. The highest BCUT2D eigenvalue weighted by atomic mass is 16.5. The van der Waals surface area contributed by atoms with Crippen LogP contribution in [0.3, 0.4) is 0 Å². The van der Waals surface area contributed by atoms with Crippen molar-refractivity contribution in [1.29, 1.82) is 0 Å². The quantitative estimate of drug-likeness (QED) is 0.433. The number of anilines is 2. The number of fused-ring (bicyclic) bond motifs is 1. The number of rotatable bonds is 6. The minimum atomic E-state index is -0.0790. The molecule has 8 nitrogen and oxygen atoms in total. The smallest absolute Gasteiger partial charge is 0.154 e. The molecule has 34 heavy (non-hydrogen) atoms. The highest BCUT2D eigenvalue weighted by Gasteiger charge is 2.32. The van der Waals surface area contributed by atoms with E-state index >= 15 is 0 Å². The van der Waals surface area contributed by atoms with Gasteiger partial charge in [-0.15, -0.1) is 0 Å². The van der Waals surface area contributed by atoms with Gasteiger partial charge in [-0.3, -0.25) is 4.98 Å². The second kappa shape index (κ2) is 8.68. The fourth-order valence-corrected chi connectivity index (χ4v) is 4.49. The summed E-state index contributed by atoms with van der Waals surface area (Å²) < 4.78 is 14.0. The Morgan fingerprint density at radius 1 is 1.09 bits per heavy atom. The third-order valence-electron chi connectivity index (χ3n) is 5.97. The van der Waals surface area contributed by atoms with E-state index in [-0.39, 0.29) is 5.60 Å². The second-order valence-electron chi connectivity index (χ2n) is 9.65. The SMILES string of the molecule is Cc1cc(-c2ccn3nc(Nc4cc(C)nc(C)n4)cc3c2)c(OC[C@@H]2COC(C)(C)C2)cn1. The van der Waals surface area contributed by atoms with Gasteiger partial charge >= 0.3 is 0 Å². The van der Waals surface area contributed by atoms with Crippen LogP contribution < -0.4 is 10.1 Å². The van der Waals surface area contributed by atoms with Crippen LogP contribution in [0.25, 0.3) is 16.6 Å². The highest BCUT2D eigenvalue weighted by molar-refractivity contribution is 5.75. The summed E-state index contributed by atoms with van der Waals surface area (Å²) in [6.07, 6.45) is 4.77. The first-order valence-corrected chi connectivity index (χ1v) is 11.6. The van der Waals surface area contributed by atoms with Crippen LogP contribution >= 0.6 is 0 Å². The molecule has 0 spiro atoms. The molecule has 1 saturated heterocycles. The van der Waals surface area contributed by atoms with Crippen molar-refractivity contribution >= 4 is 17.2 Å². The maximum Gasteiger partial charge on any atom is 0.154 e. The van der Waals surface area contributed by atoms with E-state index < -0.39 is 0 Å². The molecular formula is C26H30N6O2. The van der Waals surface area contributed by atoms with Crippen LogP contribution in [0.4, 0.5) is 11.6 Å². The second-order valence-corrected chi connectivity index (χ2v) is 9.65. The summed E-state index contributed by atoms with van der Waals surface area (Å²) in [6, 6.07) is 10.1. The van der Waals surface area contributed by atoms with E-state index in [9.17, 15) is 0 Å². The maximum absolute atomic E-state index is 6.25. The summed E-state index contributed by atoms with van der Waals surface area (Å²) in [5.74, 6) is 3.34. The van der Waals surface area contributed by atoms with Gasteiger partial charge in [0.25, 0.3) is 0 Å². The van der Waals surface area contributed by atoms with E-state index in [0.29, 0.717) is 12.5 Å². The Morgan fingerprint density at radius 3 is 2.71 bits per heavy atom. The van der Waals surface area contributed by atoms with E-state index in [4.69, 9.17) is 9.47 Å². The molecule has 0 aromatic carbocycles. The molecule has 0 saturated carbocycles. The Hall–Kier alpha value is -3.52. The molecule has 1 atom stereocenters. The van der Waals surface area contributed by atoms with Gasteiger partial charge in [-0.1, -0.05) is 0 Å². The molecule has 0 unspecified atom stereocenters. The Morgan fingerprint density at radius 2 is 1.94 bits per heavy atom. The van der Waals surface area contributed by atoms with Crippen LogP contribution in [0.1, 0.15) is 37.5 Å². The van der Waals surface area contributed by atoms with Gasteiger partial charge in [-0.2, -0.15) is 5.10 Å². The van der Waals surface area contributed by atoms with Crippen molar-refractivity contribution in [3.05, 3.63) is 59.9 Å². The van der Waals surface area contributed by atoms with Crippen LogP contribution in [-0.2, 0) is 4.74 Å². The average molecular weight is 459 g/mol. The molecule has 4 aromatic heterocycles. The van der Waals surface area contributed by atoms with Gasteiger partial charge in [-0.25, -0.2) is 14.5 Å². The average Bonchev–Trinajstić information content (AvgIpc) is 3.33. The van der Waals surface area contributed by atoms with Crippen LogP contribution in [0.2, 0.25) is 0 Å². The Kier molecular flexibility index (Phi) is 5.69. The largest absolute Gasteiger partial charge is 0.491 e. The number of hydrogen-bond acceptors (Lipinski definition) is 7. The van der Waals surface area contributed by atoms with E-state index in [2.05, 4.69) is 51.3 Å². The van der Waals surface area contributed by atoms with Gasteiger partial charge in [0.05, 0.1) is 30.5 Å². The first-order chi connectivity index (χ1) is 16.2. The predicted octanol–water partition coefficient (Wildman–Crippen LogP) is 5.05. The molecular weight excluding hydrogens is 428 g/mol. The number of hydrogen-bond donors (Lipinski definition) is 1. The topological polar surface area (TPSA) is 86.5 Å². The molecule has 1 aliphatic heterocycles. The lowest BCUT2D eigenvalue weighted by atomic mass is 9.98. The van der Waals surface area contributed by atoms with Crippen molar-refractivity contribution in [3.8, 4) is 16.9 Å². The first kappa shape index (κ1) is 22.3. The van der Waals surface area contributed by atoms with Gasteiger partial charge in [0.2, 0.25) is 0 Å². The van der Waals surface area contributed by atoms with Gasteiger partial charge in [0.1, 0.15) is 17.4 Å². The van der Waals surface area contributed by atoms with E-state index in [1.54, 1.807) is 0 Å². The minimum Gasteiger partial charge on any atom is -0.491 e. The zero-order chi connectivity index (χ0) is 23.9. The van der Waals surface area contributed by atoms with E-state index in [1.165, 1.54) is 0 Å². The predicted molar refractivity (Wildman–Crippen MR) is 132 cm³/mol. The zero-order valence-corrected chi connectivity index (χ0v) is 20.3. The number of aryl methyl sites for hydroxylation is 3. The van der Waals surface area contributed by atoms with Gasteiger partial charge < -0.3 is 14.8 Å². The normalized spacial score (nSPS) is 17.3. The Labute approximate surface area is 199 Å². The van der Waals surface area contributed by atoms with Crippen molar-refractivity contribution in [2.45, 2.75) is 46.6 Å². The maximum atomic E-state index is 6.25. The molecule has 0 bridgehead atoms. The standard InChI is InChI=1S/C26H30N6O2/c1-16-8-22(23(13-27-16)33-14-19-12-26(4,5)34-15-19)20-6-7-32-21(10-20)11-25(31-32)30-24-9-17(2)28-18(3)29-24/h6-11,13,19H,12,14-15H2,1-5H3,(H,28,29,30,31)/t19-/m1/s1. The Bertz CT molecular complexity index is 1330. The van der Waals surface area contributed by atoms with Gasteiger partial charge in [0, 0.05) is 41.2 Å². The molecule has 5 heterocycles. The molecule has 4 aromatic rings. The highest BCUT2D eigenvalue weighted by Crippen LogP contribution is 2.34. The van der Waals surface area contributed by atoms with Crippen LogP contribution in [0.15, 0.2) is 42.7 Å². The van der Waals surface area contributed by atoms with Crippen molar-refractivity contribution in [1.82, 2.24) is 24.6 Å². The summed E-state index contributed by atoms with van der Waals surface area (Å²) in [4.78, 5) is 13.2. The fraction of sp³-hybridized carbons (Fsp3) is 0.385. The van der Waals surface area contributed by atoms with E-state index in [0.717, 1.165) is 64.3 Å². The lowest BCUT2D eigenvalue weighted by Crippen LogP contribution is -2.18. The van der Waals surface area contributed by atoms with Crippen molar-refractivity contribution in [3.63, 3.8) is 0 Å². The van der Waals surface area contributed by atoms with Crippen molar-refractivity contribution < 1.29 is 9.47 Å². The number of ether oxygens (including phenoxy) is 2. The molecule has 1 aliphatic rings. The number of aromatic nitrogens is 5. The van der Waals surface area contributed by atoms with Gasteiger partial charge in [0.15, 0.2) is 5.82 Å². The van der Waals surface area contributed by atoms with Crippen LogP contribution in [0.5, 0.6) is 5.75 Å². The van der Waals surface area contributed by atoms with Crippen LogP contribution in [-0.4, -0.2) is 43.4 Å². The molecule has 1 fully saturated rings. The molecule has 1 N–H and O–H groups in total. The Balaban J connectivity index is 1.40. The summed E-state index contributed by atoms with van der Waals surface area (Å²) >= 11 is 0. The van der Waals surface area contributed by atoms with Crippen molar-refractivity contribution in [2.24, 2.45) is 5.92 Å². The third kappa shape index (κ3) is 4.87. The third-order valence-corrected chi connectivity index (χ3v) is 5.97. The minimum absolute atomic E-state index is 0.0790. The van der Waals surface area contributed by atoms with Gasteiger partial charge in [-0.05, 0) is 64.8 Å². The summed E-state index contributed by atoms with van der Waals surface area (Å²) in [7, 11) is 0. The monoisotopic (exact) mass is 458 g/mol. The summed E-state index contributed by atoms with van der Waals surface area (Å²) in [6.45, 7) is 11.4. The fourth-order valence-electron chi connectivity index (χ4n) is 4.49. The lowest BCUT2D eigenvalue weighted by Gasteiger charge is -2.17. The molecule has 176 valence electrons. The molecule has 0 aliphatic carbocycles. The number of pyridine rings is 2. The number of nitrogens with one attached hydrogen (secondary N) is 1. The molecule has 5 rings (SSSR count). The lowest BCUT2D eigenvalue weighted by molar-refractivity contribution is 0.0341.